The van der Waals surface area contributed by atoms with Gasteiger partial charge in [0, 0.05) is 59.8 Å². The van der Waals surface area contributed by atoms with E-state index in [4.69, 9.17) is 9.72 Å². The summed E-state index contributed by atoms with van der Waals surface area (Å²) in [5, 5.41) is 6.18. The molecule has 5 heterocycles. The molecule has 5 aromatic heterocycles. The molecule has 0 amide bonds. The molecule has 9 rings (SSSR count). The van der Waals surface area contributed by atoms with E-state index in [9.17, 15) is 0 Å². The van der Waals surface area contributed by atoms with Gasteiger partial charge in [0.1, 0.15) is 0 Å². The molecule has 0 aliphatic rings. The zero-order valence-corrected chi connectivity index (χ0v) is 29.2. The van der Waals surface area contributed by atoms with Gasteiger partial charge < -0.3 is 13.5 Å². The Morgan fingerprint density at radius 2 is 1.23 bits per heavy atom. The summed E-state index contributed by atoms with van der Waals surface area (Å²) >= 11 is 0. The SMILES string of the molecule is CC(C)c1cccc(C(C)C)c1-c1cccc2c3ccc(Oc4[c-]c5c(cc4)c4ccncc4n4ccnc54)[c-]c3c3nccn3c12.[Pt+2]. The molecule has 0 saturated heterocycles. The second-order valence-corrected chi connectivity index (χ2v) is 12.8. The van der Waals surface area contributed by atoms with Gasteiger partial charge in [-0.2, -0.15) is 0 Å². The number of rotatable bonds is 5. The molecule has 0 fully saturated rings. The van der Waals surface area contributed by atoms with Crippen molar-refractivity contribution in [2.24, 2.45) is 0 Å². The van der Waals surface area contributed by atoms with Gasteiger partial charge in [0.15, 0.2) is 0 Å². The Hall–Kier alpha value is -5.06. The first-order valence-electron chi connectivity index (χ1n) is 16.1. The maximum Gasteiger partial charge on any atom is 2.00 e. The van der Waals surface area contributed by atoms with E-state index in [0.29, 0.717) is 23.3 Å². The van der Waals surface area contributed by atoms with E-state index in [0.717, 1.165) is 54.6 Å². The van der Waals surface area contributed by atoms with E-state index in [2.05, 4.69) is 109 Å². The summed E-state index contributed by atoms with van der Waals surface area (Å²) in [7, 11) is 0. The van der Waals surface area contributed by atoms with Gasteiger partial charge in [0.25, 0.3) is 0 Å². The van der Waals surface area contributed by atoms with Crippen LogP contribution in [0.2, 0.25) is 0 Å². The first-order chi connectivity index (χ1) is 23.0. The van der Waals surface area contributed by atoms with Crippen LogP contribution in [-0.4, -0.2) is 23.8 Å². The third-order valence-electron chi connectivity index (χ3n) is 9.35. The quantitative estimate of drug-likeness (QED) is 0.128. The number of aromatic nitrogens is 5. The predicted octanol–water partition coefficient (Wildman–Crippen LogP) is 10.3. The molecule has 0 saturated carbocycles. The van der Waals surface area contributed by atoms with Crippen molar-refractivity contribution in [3.05, 3.63) is 127 Å². The summed E-state index contributed by atoms with van der Waals surface area (Å²) in [6.07, 6.45) is 11.4. The normalized spacial score (nSPS) is 12.0. The van der Waals surface area contributed by atoms with Gasteiger partial charge in [-0.25, -0.2) is 0 Å². The van der Waals surface area contributed by atoms with Crippen LogP contribution in [0.1, 0.15) is 50.7 Å². The van der Waals surface area contributed by atoms with Crippen LogP contribution >= 0.6 is 0 Å². The fraction of sp³-hybridized carbons (Fsp3) is 0.146. The molecule has 6 nitrogen and oxygen atoms in total. The summed E-state index contributed by atoms with van der Waals surface area (Å²) in [5.74, 6) is 1.97. The van der Waals surface area contributed by atoms with E-state index in [-0.39, 0.29) is 21.1 Å². The van der Waals surface area contributed by atoms with Crippen LogP contribution in [0.4, 0.5) is 0 Å². The minimum Gasteiger partial charge on any atom is -0.497 e. The maximum absolute atomic E-state index is 6.45. The van der Waals surface area contributed by atoms with Gasteiger partial charge in [-0.1, -0.05) is 110 Å². The zero-order chi connectivity index (χ0) is 31.8. The molecule has 9 aromatic rings. The molecular weight excluding hydrogens is 774 g/mol. The maximum atomic E-state index is 6.45. The number of hydrogen-bond acceptors (Lipinski definition) is 4. The van der Waals surface area contributed by atoms with Gasteiger partial charge in [-0.05, 0) is 45.4 Å². The van der Waals surface area contributed by atoms with Crippen molar-refractivity contribution < 1.29 is 25.8 Å². The van der Waals surface area contributed by atoms with E-state index >= 15 is 0 Å². The minimum absolute atomic E-state index is 0. The fourth-order valence-electron chi connectivity index (χ4n) is 7.23. The first-order valence-corrected chi connectivity index (χ1v) is 16.1. The van der Waals surface area contributed by atoms with Gasteiger partial charge in [0.2, 0.25) is 0 Å². The Morgan fingerprint density at radius 3 is 1.90 bits per heavy atom. The van der Waals surface area contributed by atoms with Gasteiger partial charge in [-0.3, -0.25) is 15.0 Å². The molecule has 0 N–H and O–H groups in total. The molecule has 0 unspecified atom stereocenters. The monoisotopic (exact) mass is 804 g/mol. The summed E-state index contributed by atoms with van der Waals surface area (Å²) in [5.41, 5.74) is 9.08. The van der Waals surface area contributed by atoms with Crippen LogP contribution in [0.5, 0.6) is 11.5 Å². The van der Waals surface area contributed by atoms with Gasteiger partial charge in [-0.15, -0.1) is 12.1 Å². The molecule has 48 heavy (non-hydrogen) atoms. The molecule has 0 bridgehead atoms. The van der Waals surface area contributed by atoms with E-state index in [1.165, 1.54) is 22.3 Å². The second-order valence-electron chi connectivity index (χ2n) is 12.8. The predicted molar refractivity (Wildman–Crippen MR) is 190 cm³/mol. The number of pyridine rings is 3. The van der Waals surface area contributed by atoms with Gasteiger partial charge in [0.05, 0.1) is 16.8 Å². The van der Waals surface area contributed by atoms with Crippen molar-refractivity contribution in [3.63, 3.8) is 0 Å². The average Bonchev–Trinajstić information content (AvgIpc) is 3.79. The topological polar surface area (TPSA) is 56.7 Å². The standard InChI is InChI=1S/C41H31N5O.Pt/c1-24(2)28-7-5-8-29(25(3)4)38(28)34-10-6-9-33-31-14-12-27(22-36(31)41-44-18-20-46(41)39(33)34)47-26-11-13-30-32-15-16-42-23-37(32)45-19-17-43-40(45)35(30)21-26;/h5-20,23-25H,1-4H3;/q-2;+2. The van der Waals surface area contributed by atoms with Gasteiger partial charge >= 0.3 is 21.1 Å². The molecule has 236 valence electrons. The van der Waals surface area contributed by atoms with E-state index in [1.54, 1.807) is 6.20 Å². The number of para-hydroxylation sites is 1. The van der Waals surface area contributed by atoms with Crippen LogP contribution in [0, 0.1) is 12.1 Å². The minimum atomic E-state index is 0. The smallest absolute Gasteiger partial charge is 0.497 e. The molecule has 0 aliphatic heterocycles. The number of benzene rings is 4. The number of nitrogens with zero attached hydrogens (tertiary/aromatic N) is 5. The second kappa shape index (κ2) is 11.6. The molecule has 4 aromatic carbocycles. The molecule has 0 aliphatic carbocycles. The van der Waals surface area contributed by atoms with E-state index in [1.807, 2.05) is 47.4 Å². The summed E-state index contributed by atoms with van der Waals surface area (Å²) in [6.45, 7) is 9.10. The molecular formula is C41H31N5OPt. The third kappa shape index (κ3) is 4.54. The average molecular weight is 805 g/mol. The van der Waals surface area contributed by atoms with Crippen LogP contribution in [0.15, 0.2) is 104 Å². The summed E-state index contributed by atoms with van der Waals surface area (Å²) in [6, 6.07) is 30.6. The van der Waals surface area contributed by atoms with Crippen LogP contribution in [0.3, 0.4) is 0 Å². The van der Waals surface area contributed by atoms with Crippen molar-refractivity contribution in [2.75, 3.05) is 0 Å². The number of imidazole rings is 2. The summed E-state index contributed by atoms with van der Waals surface area (Å²) < 4.78 is 10.7. The van der Waals surface area contributed by atoms with Crippen LogP contribution < -0.4 is 4.74 Å². The zero-order valence-electron chi connectivity index (χ0n) is 26.9. The Balaban J connectivity index is 0.00000336. The van der Waals surface area contributed by atoms with E-state index < -0.39 is 0 Å². The Labute approximate surface area is 292 Å². The first kappa shape index (κ1) is 30.3. The molecule has 0 spiro atoms. The fourth-order valence-corrected chi connectivity index (χ4v) is 7.23. The number of hydrogen-bond donors (Lipinski definition) is 0. The number of fused-ring (bicyclic) bond motifs is 12. The Bertz CT molecular complexity index is 2660. The summed E-state index contributed by atoms with van der Waals surface area (Å²) in [4.78, 5) is 13.8. The van der Waals surface area contributed by atoms with Crippen molar-refractivity contribution >= 4 is 54.6 Å². The third-order valence-corrected chi connectivity index (χ3v) is 9.35. The van der Waals surface area contributed by atoms with Crippen molar-refractivity contribution in [2.45, 2.75) is 39.5 Å². The van der Waals surface area contributed by atoms with Crippen molar-refractivity contribution in [3.8, 4) is 22.6 Å². The molecule has 0 atom stereocenters. The van der Waals surface area contributed by atoms with Crippen molar-refractivity contribution in [1.29, 1.82) is 0 Å². The Morgan fingerprint density at radius 1 is 0.625 bits per heavy atom. The van der Waals surface area contributed by atoms with Crippen LogP contribution in [0.25, 0.3) is 65.8 Å². The number of ether oxygens (including phenoxy) is 1. The Kier molecular flexibility index (Phi) is 7.30. The largest absolute Gasteiger partial charge is 2.00 e. The van der Waals surface area contributed by atoms with Crippen LogP contribution in [-0.2, 0) is 21.1 Å². The molecule has 0 radical (unpaired) electrons. The molecule has 7 heteroatoms. The van der Waals surface area contributed by atoms with Crippen molar-refractivity contribution in [1.82, 2.24) is 23.8 Å².